The monoisotopic (exact) mass is 274 g/mol. The van der Waals surface area contributed by atoms with Crippen LogP contribution in [0.15, 0.2) is 42.5 Å². The first-order chi connectivity index (χ1) is 9.54. The number of benzene rings is 2. The maximum Gasteiger partial charge on any atom is 0.319 e. The number of hydrogen-bond acceptors (Lipinski definition) is 2. The van der Waals surface area contributed by atoms with Gasteiger partial charge in [-0.15, -0.1) is 0 Å². The zero-order valence-electron chi connectivity index (χ0n) is 11.0. The van der Waals surface area contributed by atoms with E-state index in [0.29, 0.717) is 5.69 Å². The fourth-order valence-corrected chi connectivity index (χ4v) is 1.70. The molecule has 0 aliphatic rings. The third-order valence-corrected chi connectivity index (χ3v) is 2.77. The minimum absolute atomic E-state index is 0.0157. The minimum Gasteiger partial charge on any atom is -0.506 e. The number of carbonyl (C=O) groups excluding carboxylic acids is 1. The van der Waals surface area contributed by atoms with E-state index in [1.165, 1.54) is 12.1 Å². The summed E-state index contributed by atoms with van der Waals surface area (Å²) < 4.78 is 12.7. The lowest BCUT2D eigenvalue weighted by atomic mass is 10.2. The van der Waals surface area contributed by atoms with Gasteiger partial charge in [0.15, 0.2) is 0 Å². The van der Waals surface area contributed by atoms with E-state index in [2.05, 4.69) is 10.6 Å². The molecule has 0 unspecified atom stereocenters. The van der Waals surface area contributed by atoms with E-state index in [-0.39, 0.29) is 18.1 Å². The van der Waals surface area contributed by atoms with Crippen LogP contribution in [0.25, 0.3) is 0 Å². The van der Waals surface area contributed by atoms with Crippen LogP contribution in [-0.4, -0.2) is 11.1 Å². The number of aryl methyl sites for hydroxylation is 1. The van der Waals surface area contributed by atoms with E-state index in [9.17, 15) is 14.3 Å². The first-order valence-electron chi connectivity index (χ1n) is 6.13. The summed E-state index contributed by atoms with van der Waals surface area (Å²) in [5.74, 6) is -0.301. The number of nitrogens with one attached hydrogen (secondary N) is 2. The van der Waals surface area contributed by atoms with Gasteiger partial charge in [-0.25, -0.2) is 9.18 Å². The zero-order chi connectivity index (χ0) is 14.5. The molecule has 0 fully saturated rings. The summed E-state index contributed by atoms with van der Waals surface area (Å²) in [6.45, 7) is 2.12. The van der Waals surface area contributed by atoms with Gasteiger partial charge in [-0.05, 0) is 42.3 Å². The molecular formula is C15H15FN2O2. The van der Waals surface area contributed by atoms with Crippen LogP contribution in [0.4, 0.5) is 14.9 Å². The molecule has 0 saturated heterocycles. The molecule has 104 valence electrons. The molecule has 0 heterocycles. The summed E-state index contributed by atoms with van der Waals surface area (Å²) in [5, 5.41) is 14.8. The Bertz CT molecular complexity index is 612. The van der Waals surface area contributed by atoms with Gasteiger partial charge in [0, 0.05) is 6.54 Å². The van der Waals surface area contributed by atoms with Crippen molar-refractivity contribution in [2.45, 2.75) is 13.5 Å². The number of urea groups is 1. The number of anilines is 1. The van der Waals surface area contributed by atoms with E-state index in [1.54, 1.807) is 30.3 Å². The average molecular weight is 274 g/mol. The normalized spacial score (nSPS) is 10.1. The number of phenols is 1. The second kappa shape index (κ2) is 6.06. The van der Waals surface area contributed by atoms with Gasteiger partial charge in [0.05, 0.1) is 5.69 Å². The van der Waals surface area contributed by atoms with Gasteiger partial charge < -0.3 is 15.7 Å². The number of rotatable bonds is 3. The van der Waals surface area contributed by atoms with Crippen LogP contribution >= 0.6 is 0 Å². The minimum atomic E-state index is -0.437. The van der Waals surface area contributed by atoms with Crippen molar-refractivity contribution in [2.75, 3.05) is 5.32 Å². The maximum atomic E-state index is 12.7. The Morgan fingerprint density at radius 3 is 2.55 bits per heavy atom. The van der Waals surface area contributed by atoms with E-state index in [4.69, 9.17) is 0 Å². The second-order valence-corrected chi connectivity index (χ2v) is 4.45. The van der Waals surface area contributed by atoms with Crippen molar-refractivity contribution in [3.63, 3.8) is 0 Å². The van der Waals surface area contributed by atoms with E-state index < -0.39 is 6.03 Å². The molecule has 20 heavy (non-hydrogen) atoms. The Labute approximate surface area is 116 Å². The zero-order valence-corrected chi connectivity index (χ0v) is 11.0. The lowest BCUT2D eigenvalue weighted by Crippen LogP contribution is -2.28. The molecule has 2 amide bonds. The molecular weight excluding hydrogens is 259 g/mol. The van der Waals surface area contributed by atoms with Gasteiger partial charge in [0.2, 0.25) is 0 Å². The molecule has 0 spiro atoms. The van der Waals surface area contributed by atoms with Crippen LogP contribution in [0.5, 0.6) is 5.75 Å². The quantitative estimate of drug-likeness (QED) is 0.753. The lowest BCUT2D eigenvalue weighted by molar-refractivity contribution is 0.251. The summed E-state index contributed by atoms with van der Waals surface area (Å²) in [6, 6.07) is 10.4. The van der Waals surface area contributed by atoms with Crippen molar-refractivity contribution >= 4 is 11.7 Å². The Kier molecular flexibility index (Phi) is 4.20. The lowest BCUT2D eigenvalue weighted by Gasteiger charge is -2.09. The van der Waals surface area contributed by atoms with Crippen LogP contribution in [0, 0.1) is 12.7 Å². The average Bonchev–Trinajstić information content (AvgIpc) is 2.41. The summed E-state index contributed by atoms with van der Waals surface area (Å²) in [7, 11) is 0. The fraction of sp³-hybridized carbons (Fsp3) is 0.133. The fourth-order valence-electron chi connectivity index (χ4n) is 1.70. The molecule has 0 aromatic heterocycles. The summed E-state index contributed by atoms with van der Waals surface area (Å²) >= 11 is 0. The molecule has 2 aromatic carbocycles. The molecule has 0 saturated carbocycles. The molecule has 0 atom stereocenters. The van der Waals surface area contributed by atoms with E-state index in [1.807, 2.05) is 6.92 Å². The Balaban J connectivity index is 1.90. The molecule has 3 N–H and O–H groups in total. The van der Waals surface area contributed by atoms with Gasteiger partial charge in [-0.2, -0.15) is 0 Å². The van der Waals surface area contributed by atoms with Crippen LogP contribution in [0.2, 0.25) is 0 Å². The Hall–Kier alpha value is -2.56. The Morgan fingerprint density at radius 1 is 1.20 bits per heavy atom. The van der Waals surface area contributed by atoms with E-state index >= 15 is 0 Å². The number of phenolic OH excluding ortho intramolecular Hbond substituents is 1. The summed E-state index contributed by atoms with van der Waals surface area (Å²) in [4.78, 5) is 11.7. The van der Waals surface area contributed by atoms with Crippen LogP contribution in [-0.2, 0) is 6.54 Å². The molecule has 0 bridgehead atoms. The standard InChI is InChI=1S/C15H15FN2O2/c1-10-2-7-13(14(19)8-10)18-15(20)17-9-11-3-5-12(16)6-4-11/h2-8,19H,9H2,1H3,(H2,17,18,20). The second-order valence-electron chi connectivity index (χ2n) is 4.45. The van der Waals surface area contributed by atoms with Crippen molar-refractivity contribution in [1.82, 2.24) is 5.32 Å². The highest BCUT2D eigenvalue weighted by molar-refractivity contribution is 5.90. The highest BCUT2D eigenvalue weighted by atomic mass is 19.1. The van der Waals surface area contributed by atoms with Crippen molar-refractivity contribution in [3.05, 3.63) is 59.4 Å². The third-order valence-electron chi connectivity index (χ3n) is 2.77. The van der Waals surface area contributed by atoms with Crippen molar-refractivity contribution in [3.8, 4) is 5.75 Å². The van der Waals surface area contributed by atoms with Gasteiger partial charge >= 0.3 is 6.03 Å². The number of carbonyl (C=O) groups is 1. The summed E-state index contributed by atoms with van der Waals surface area (Å²) in [5.41, 5.74) is 2.03. The highest BCUT2D eigenvalue weighted by Crippen LogP contribution is 2.23. The molecule has 0 radical (unpaired) electrons. The third kappa shape index (κ3) is 3.71. The predicted octanol–water partition coefficient (Wildman–Crippen LogP) is 3.16. The van der Waals surface area contributed by atoms with Crippen LogP contribution in [0.3, 0.4) is 0 Å². The topological polar surface area (TPSA) is 61.4 Å². The molecule has 2 aromatic rings. The predicted molar refractivity (Wildman–Crippen MR) is 75.1 cm³/mol. The van der Waals surface area contributed by atoms with Crippen LogP contribution < -0.4 is 10.6 Å². The highest BCUT2D eigenvalue weighted by Gasteiger charge is 2.06. The molecule has 5 heteroatoms. The largest absolute Gasteiger partial charge is 0.506 e. The van der Waals surface area contributed by atoms with Crippen LogP contribution in [0.1, 0.15) is 11.1 Å². The first kappa shape index (κ1) is 13.9. The van der Waals surface area contributed by atoms with Crippen molar-refractivity contribution < 1.29 is 14.3 Å². The van der Waals surface area contributed by atoms with Crippen molar-refractivity contribution in [1.29, 1.82) is 0 Å². The number of halogens is 1. The molecule has 2 rings (SSSR count). The first-order valence-corrected chi connectivity index (χ1v) is 6.13. The number of aromatic hydroxyl groups is 1. The van der Waals surface area contributed by atoms with Gasteiger partial charge in [-0.1, -0.05) is 18.2 Å². The van der Waals surface area contributed by atoms with Gasteiger partial charge in [0.1, 0.15) is 11.6 Å². The smallest absolute Gasteiger partial charge is 0.319 e. The van der Waals surface area contributed by atoms with E-state index in [0.717, 1.165) is 11.1 Å². The molecule has 0 aliphatic heterocycles. The summed E-state index contributed by atoms with van der Waals surface area (Å²) in [6.07, 6.45) is 0. The SMILES string of the molecule is Cc1ccc(NC(=O)NCc2ccc(F)cc2)c(O)c1. The maximum absolute atomic E-state index is 12.7. The number of hydrogen-bond donors (Lipinski definition) is 3. The van der Waals surface area contributed by atoms with Gasteiger partial charge in [0.25, 0.3) is 0 Å². The van der Waals surface area contributed by atoms with Gasteiger partial charge in [-0.3, -0.25) is 0 Å². The molecule has 4 nitrogen and oxygen atoms in total. The number of amides is 2. The Morgan fingerprint density at radius 2 is 1.90 bits per heavy atom. The van der Waals surface area contributed by atoms with Crippen molar-refractivity contribution in [2.24, 2.45) is 0 Å². The molecule has 0 aliphatic carbocycles.